The molecule has 1 aromatic carbocycles. The van der Waals surface area contributed by atoms with Crippen LogP contribution in [0, 0.1) is 17.7 Å². The fourth-order valence-electron chi connectivity index (χ4n) is 2.96. The first-order chi connectivity index (χ1) is 9.49. The Hall–Kier alpha value is -1.42. The number of nitrogens with two attached hydrogens (primary N) is 1. The van der Waals surface area contributed by atoms with E-state index in [0.717, 1.165) is 6.42 Å². The third-order valence-electron chi connectivity index (χ3n) is 4.60. The lowest BCUT2D eigenvalue weighted by Gasteiger charge is -2.34. The summed E-state index contributed by atoms with van der Waals surface area (Å²) in [7, 11) is 0. The van der Waals surface area contributed by atoms with Crippen LogP contribution in [0.2, 0.25) is 0 Å². The zero-order valence-electron chi connectivity index (χ0n) is 12.2. The van der Waals surface area contributed by atoms with Gasteiger partial charge in [0.05, 0.1) is 0 Å². The van der Waals surface area contributed by atoms with Gasteiger partial charge in [0.2, 0.25) is 5.91 Å². The lowest BCUT2D eigenvalue weighted by Crippen LogP contribution is -2.40. The van der Waals surface area contributed by atoms with Crippen LogP contribution in [0.3, 0.4) is 0 Å². The van der Waals surface area contributed by atoms with Crippen molar-refractivity contribution in [2.45, 2.75) is 45.7 Å². The topological polar surface area (TPSA) is 55.1 Å². The molecule has 1 saturated carbocycles. The van der Waals surface area contributed by atoms with Crippen LogP contribution in [0.15, 0.2) is 18.2 Å². The molecular weight excluding hydrogens is 255 g/mol. The minimum absolute atomic E-state index is 0.214. The Labute approximate surface area is 119 Å². The lowest BCUT2D eigenvalue weighted by atomic mass is 9.78. The maximum atomic E-state index is 13.9. The molecule has 2 rings (SSSR count). The van der Waals surface area contributed by atoms with E-state index in [-0.39, 0.29) is 11.4 Å². The van der Waals surface area contributed by atoms with Crippen LogP contribution < -0.4 is 11.1 Å². The van der Waals surface area contributed by atoms with Crippen LogP contribution in [0.1, 0.15) is 49.0 Å². The molecule has 0 radical (unpaired) electrons. The van der Waals surface area contributed by atoms with Crippen LogP contribution in [-0.2, 0) is 6.54 Å². The van der Waals surface area contributed by atoms with Crippen molar-refractivity contribution in [3.8, 4) is 0 Å². The molecule has 0 spiro atoms. The van der Waals surface area contributed by atoms with E-state index >= 15 is 0 Å². The number of primary amides is 1. The van der Waals surface area contributed by atoms with Gasteiger partial charge in [-0.3, -0.25) is 4.79 Å². The summed E-state index contributed by atoms with van der Waals surface area (Å²) in [4.78, 5) is 11.0. The molecule has 3 unspecified atom stereocenters. The number of hydrogen-bond acceptors (Lipinski definition) is 2. The number of amides is 1. The van der Waals surface area contributed by atoms with E-state index in [1.54, 1.807) is 12.1 Å². The second-order valence-electron chi connectivity index (χ2n) is 5.93. The SMILES string of the molecule is CC1CCCC(NCc2ccc(C(N)=O)cc2F)C1C. The van der Waals surface area contributed by atoms with Crippen molar-refractivity contribution in [1.82, 2.24) is 5.32 Å². The van der Waals surface area contributed by atoms with Gasteiger partial charge in [-0.2, -0.15) is 0 Å². The van der Waals surface area contributed by atoms with E-state index in [2.05, 4.69) is 19.2 Å². The maximum Gasteiger partial charge on any atom is 0.248 e. The fourth-order valence-corrected chi connectivity index (χ4v) is 2.96. The molecule has 0 saturated heterocycles. The number of benzene rings is 1. The van der Waals surface area contributed by atoms with Crippen molar-refractivity contribution in [2.75, 3.05) is 0 Å². The highest BCUT2D eigenvalue weighted by atomic mass is 19.1. The van der Waals surface area contributed by atoms with Crippen molar-refractivity contribution in [2.24, 2.45) is 17.6 Å². The van der Waals surface area contributed by atoms with Crippen molar-refractivity contribution >= 4 is 5.91 Å². The highest BCUT2D eigenvalue weighted by Crippen LogP contribution is 2.29. The molecule has 0 bridgehead atoms. The number of hydrogen-bond donors (Lipinski definition) is 2. The van der Waals surface area contributed by atoms with Gasteiger partial charge in [0, 0.05) is 23.7 Å². The smallest absolute Gasteiger partial charge is 0.248 e. The zero-order valence-corrected chi connectivity index (χ0v) is 12.2. The van der Waals surface area contributed by atoms with Crippen LogP contribution in [-0.4, -0.2) is 11.9 Å². The maximum absolute atomic E-state index is 13.9. The second-order valence-corrected chi connectivity index (χ2v) is 5.93. The average Bonchev–Trinajstić information content (AvgIpc) is 2.41. The summed E-state index contributed by atoms with van der Waals surface area (Å²) >= 11 is 0. The number of carbonyl (C=O) groups is 1. The average molecular weight is 278 g/mol. The molecule has 1 aliphatic rings. The Morgan fingerprint density at radius 3 is 2.80 bits per heavy atom. The molecule has 0 aliphatic heterocycles. The van der Waals surface area contributed by atoms with Gasteiger partial charge in [0.1, 0.15) is 5.82 Å². The Balaban J connectivity index is 1.98. The summed E-state index contributed by atoms with van der Waals surface area (Å²) in [5.41, 5.74) is 5.93. The molecule has 1 aliphatic carbocycles. The number of nitrogens with one attached hydrogen (secondary N) is 1. The third kappa shape index (κ3) is 3.37. The number of carbonyl (C=O) groups excluding carboxylic acids is 1. The molecule has 3 atom stereocenters. The van der Waals surface area contributed by atoms with E-state index in [4.69, 9.17) is 5.73 Å². The third-order valence-corrected chi connectivity index (χ3v) is 4.60. The van der Waals surface area contributed by atoms with E-state index in [0.29, 0.717) is 30.0 Å². The predicted octanol–water partition coefficient (Wildman–Crippen LogP) is 2.84. The van der Waals surface area contributed by atoms with Gasteiger partial charge in [0.25, 0.3) is 0 Å². The Morgan fingerprint density at radius 2 is 2.15 bits per heavy atom. The van der Waals surface area contributed by atoms with Gasteiger partial charge in [0.15, 0.2) is 0 Å². The first-order valence-corrected chi connectivity index (χ1v) is 7.30. The highest BCUT2D eigenvalue weighted by Gasteiger charge is 2.26. The Bertz CT molecular complexity index is 489. The zero-order chi connectivity index (χ0) is 14.7. The van der Waals surface area contributed by atoms with E-state index in [1.165, 1.54) is 18.9 Å². The van der Waals surface area contributed by atoms with Crippen molar-refractivity contribution in [1.29, 1.82) is 0 Å². The fraction of sp³-hybridized carbons (Fsp3) is 0.562. The normalized spacial score (nSPS) is 26.4. The molecule has 0 heterocycles. The largest absolute Gasteiger partial charge is 0.366 e. The summed E-state index contributed by atoms with van der Waals surface area (Å²) < 4.78 is 13.9. The van der Waals surface area contributed by atoms with Crippen LogP contribution in [0.4, 0.5) is 4.39 Å². The second kappa shape index (κ2) is 6.35. The standard InChI is InChI=1S/C16H23FN2O/c1-10-4-3-5-15(11(10)2)19-9-13-7-6-12(16(18)20)8-14(13)17/h6-8,10-11,15,19H,3-5,9H2,1-2H3,(H2,18,20). The molecular formula is C16H23FN2O. The lowest BCUT2D eigenvalue weighted by molar-refractivity contribution is 0.1000. The summed E-state index contributed by atoms with van der Waals surface area (Å²) in [5, 5.41) is 3.45. The summed E-state index contributed by atoms with van der Waals surface area (Å²) in [6, 6.07) is 4.87. The van der Waals surface area contributed by atoms with Gasteiger partial charge < -0.3 is 11.1 Å². The summed E-state index contributed by atoms with van der Waals surface area (Å²) in [5.74, 6) is 0.350. The van der Waals surface area contributed by atoms with Gasteiger partial charge >= 0.3 is 0 Å². The predicted molar refractivity (Wildman–Crippen MR) is 77.7 cm³/mol. The van der Waals surface area contributed by atoms with Gasteiger partial charge in [-0.1, -0.05) is 32.8 Å². The first kappa shape index (κ1) is 15.0. The van der Waals surface area contributed by atoms with Crippen LogP contribution in [0.5, 0.6) is 0 Å². The highest BCUT2D eigenvalue weighted by molar-refractivity contribution is 5.92. The van der Waals surface area contributed by atoms with Crippen molar-refractivity contribution in [3.05, 3.63) is 35.1 Å². The van der Waals surface area contributed by atoms with Gasteiger partial charge in [-0.25, -0.2) is 4.39 Å². The summed E-state index contributed by atoms with van der Waals surface area (Å²) in [6.07, 6.45) is 3.65. The first-order valence-electron chi connectivity index (χ1n) is 7.30. The Kier molecular flexibility index (Phi) is 4.76. The minimum atomic E-state index is -0.599. The molecule has 3 N–H and O–H groups in total. The van der Waals surface area contributed by atoms with Crippen molar-refractivity contribution < 1.29 is 9.18 Å². The van der Waals surface area contributed by atoms with Crippen LogP contribution in [0.25, 0.3) is 0 Å². The quantitative estimate of drug-likeness (QED) is 0.889. The molecule has 4 heteroatoms. The molecule has 1 aromatic rings. The van der Waals surface area contributed by atoms with E-state index in [1.807, 2.05) is 0 Å². The molecule has 1 fully saturated rings. The monoisotopic (exact) mass is 278 g/mol. The van der Waals surface area contributed by atoms with E-state index in [9.17, 15) is 9.18 Å². The molecule has 1 amide bonds. The number of halogens is 1. The minimum Gasteiger partial charge on any atom is -0.366 e. The van der Waals surface area contributed by atoms with E-state index < -0.39 is 5.91 Å². The Morgan fingerprint density at radius 1 is 1.40 bits per heavy atom. The molecule has 0 aromatic heterocycles. The van der Waals surface area contributed by atoms with Crippen molar-refractivity contribution in [3.63, 3.8) is 0 Å². The van der Waals surface area contributed by atoms with Gasteiger partial charge in [-0.05, 0) is 30.4 Å². The van der Waals surface area contributed by atoms with Crippen LogP contribution >= 0.6 is 0 Å². The molecule has 20 heavy (non-hydrogen) atoms. The number of rotatable bonds is 4. The molecule has 3 nitrogen and oxygen atoms in total. The van der Waals surface area contributed by atoms with Gasteiger partial charge in [-0.15, -0.1) is 0 Å². The summed E-state index contributed by atoms with van der Waals surface area (Å²) in [6.45, 7) is 5.03. The molecule has 110 valence electrons.